The first-order valence-corrected chi connectivity index (χ1v) is 8.71. The average molecular weight is 369 g/mol. The number of halogens is 1. The molecule has 5 nitrogen and oxygen atoms in total. The summed E-state index contributed by atoms with van der Waals surface area (Å²) in [4.78, 5) is 16.9. The average Bonchev–Trinajstić information content (AvgIpc) is 2.81. The summed E-state index contributed by atoms with van der Waals surface area (Å²) in [5, 5.41) is 10.4. The van der Waals surface area contributed by atoms with E-state index in [1.165, 1.54) is 19.3 Å². The highest BCUT2D eigenvalue weighted by Gasteiger charge is 2.20. The number of nitrogens with one attached hydrogen (secondary N) is 1. The maximum Gasteiger partial charge on any atom is 0.291 e. The second-order valence-electron chi connectivity index (χ2n) is 5.36. The molecule has 2 aromatic rings. The van der Waals surface area contributed by atoms with Crippen LogP contribution in [0.2, 0.25) is 0 Å². The van der Waals surface area contributed by atoms with Crippen LogP contribution in [0.15, 0.2) is 20.8 Å². The Balaban J connectivity index is 1.76. The van der Waals surface area contributed by atoms with Gasteiger partial charge in [-0.2, -0.15) is 5.10 Å². The fourth-order valence-electron chi connectivity index (χ4n) is 2.35. The summed E-state index contributed by atoms with van der Waals surface area (Å²) >= 11 is 5.01. The summed E-state index contributed by atoms with van der Waals surface area (Å²) in [6.07, 6.45) is 5.36. The number of nitrogens with zero attached hydrogens (tertiary/aromatic N) is 3. The maximum absolute atomic E-state index is 12.5. The van der Waals surface area contributed by atoms with Gasteiger partial charge in [-0.05, 0) is 41.6 Å². The molecule has 0 saturated heterocycles. The van der Waals surface area contributed by atoms with Crippen LogP contribution in [-0.2, 0) is 13.1 Å². The van der Waals surface area contributed by atoms with Crippen molar-refractivity contribution in [2.24, 2.45) is 5.92 Å². The summed E-state index contributed by atoms with van der Waals surface area (Å²) < 4.78 is 2.27. The number of hydrogen-bond acceptors (Lipinski definition) is 5. The summed E-state index contributed by atoms with van der Waals surface area (Å²) in [7, 11) is 0. The van der Waals surface area contributed by atoms with E-state index in [0.29, 0.717) is 22.6 Å². The highest BCUT2D eigenvalue weighted by molar-refractivity contribution is 9.10. The molecule has 0 radical (unpaired) electrons. The van der Waals surface area contributed by atoms with Gasteiger partial charge in [0.1, 0.15) is 5.69 Å². The molecule has 0 aromatic carbocycles. The molecule has 1 fully saturated rings. The van der Waals surface area contributed by atoms with Crippen LogP contribution in [0.4, 0.5) is 5.69 Å². The van der Waals surface area contributed by atoms with Gasteiger partial charge in [0, 0.05) is 11.9 Å². The third-order valence-electron chi connectivity index (χ3n) is 3.77. The summed E-state index contributed by atoms with van der Waals surface area (Å²) in [5.41, 5.74) is 1.45. The highest BCUT2D eigenvalue weighted by atomic mass is 79.9. The van der Waals surface area contributed by atoms with Gasteiger partial charge in [0.2, 0.25) is 0 Å². The van der Waals surface area contributed by atoms with Crippen LogP contribution in [0.1, 0.15) is 30.0 Å². The van der Waals surface area contributed by atoms with E-state index in [0.717, 1.165) is 17.2 Å². The standard InChI is InChI=1S/C14H17BrN4OS/c1-9-18-11(8-21-9)5-16-13-12(15)6-17-19(14(13)20)7-10-3-2-4-10/h6,8,10,16H,2-5,7H2,1H3. The molecule has 0 unspecified atom stereocenters. The predicted octanol–water partition coefficient (Wildman–Crippen LogP) is 3.18. The molecule has 112 valence electrons. The smallest absolute Gasteiger partial charge is 0.291 e. The van der Waals surface area contributed by atoms with Crippen LogP contribution in [0, 0.1) is 12.8 Å². The number of thiazole rings is 1. The summed E-state index contributed by atoms with van der Waals surface area (Å²) in [6, 6.07) is 0. The van der Waals surface area contributed by atoms with Crippen LogP contribution < -0.4 is 10.9 Å². The molecule has 0 bridgehead atoms. The molecule has 0 spiro atoms. The maximum atomic E-state index is 12.5. The lowest BCUT2D eigenvalue weighted by Gasteiger charge is -2.25. The molecule has 1 saturated carbocycles. The van der Waals surface area contributed by atoms with Gasteiger partial charge in [-0.1, -0.05) is 6.42 Å². The number of hydrogen-bond donors (Lipinski definition) is 1. The number of aryl methyl sites for hydroxylation is 1. The van der Waals surface area contributed by atoms with Crippen LogP contribution in [0.5, 0.6) is 0 Å². The Morgan fingerprint density at radius 2 is 2.33 bits per heavy atom. The van der Waals surface area contributed by atoms with Gasteiger partial charge in [0.15, 0.2) is 0 Å². The lowest BCUT2D eigenvalue weighted by atomic mass is 9.85. The van der Waals surface area contributed by atoms with Crippen molar-refractivity contribution in [3.63, 3.8) is 0 Å². The Labute approximate surface area is 135 Å². The number of anilines is 1. The van der Waals surface area contributed by atoms with Crippen molar-refractivity contribution >= 4 is 33.0 Å². The minimum Gasteiger partial charge on any atom is -0.374 e. The molecular weight excluding hydrogens is 352 g/mol. The quantitative estimate of drug-likeness (QED) is 0.880. The summed E-state index contributed by atoms with van der Waals surface area (Å²) in [5.74, 6) is 0.602. The van der Waals surface area contributed by atoms with Gasteiger partial charge in [0.05, 0.1) is 27.9 Å². The van der Waals surface area contributed by atoms with E-state index in [4.69, 9.17) is 0 Å². The summed E-state index contributed by atoms with van der Waals surface area (Å²) in [6.45, 7) is 3.24. The third-order valence-corrected chi connectivity index (χ3v) is 5.19. The molecule has 21 heavy (non-hydrogen) atoms. The van der Waals surface area contributed by atoms with Crippen LogP contribution in [0.3, 0.4) is 0 Å². The topological polar surface area (TPSA) is 59.8 Å². The SMILES string of the molecule is Cc1nc(CNc2c(Br)cnn(CC3CCC3)c2=O)cs1. The van der Waals surface area contributed by atoms with Gasteiger partial charge >= 0.3 is 0 Å². The zero-order valence-corrected chi connectivity index (χ0v) is 14.2. The van der Waals surface area contributed by atoms with Gasteiger partial charge in [-0.25, -0.2) is 9.67 Å². The van der Waals surface area contributed by atoms with Gasteiger partial charge < -0.3 is 5.32 Å². The Hall–Kier alpha value is -1.21. The van der Waals surface area contributed by atoms with Gasteiger partial charge in [-0.15, -0.1) is 11.3 Å². The third kappa shape index (κ3) is 3.35. The van der Waals surface area contributed by atoms with E-state index in [1.54, 1.807) is 22.2 Å². The van der Waals surface area contributed by atoms with Crippen LogP contribution >= 0.6 is 27.3 Å². The fourth-order valence-corrected chi connectivity index (χ4v) is 3.36. The van der Waals surface area contributed by atoms with E-state index in [9.17, 15) is 4.79 Å². The first-order valence-electron chi connectivity index (χ1n) is 7.04. The van der Waals surface area contributed by atoms with Gasteiger partial charge in [-0.3, -0.25) is 4.79 Å². The van der Waals surface area contributed by atoms with E-state index in [1.807, 2.05) is 12.3 Å². The van der Waals surface area contributed by atoms with E-state index >= 15 is 0 Å². The molecular formula is C14H17BrN4OS. The molecule has 1 aliphatic carbocycles. The predicted molar refractivity (Wildman–Crippen MR) is 87.7 cm³/mol. The molecule has 1 N–H and O–H groups in total. The molecule has 0 atom stereocenters. The molecule has 3 rings (SSSR count). The molecule has 0 aliphatic heterocycles. The van der Waals surface area contributed by atoms with Crippen LogP contribution in [0.25, 0.3) is 0 Å². The number of aromatic nitrogens is 3. The first-order chi connectivity index (χ1) is 10.1. The van der Waals surface area contributed by atoms with Crippen molar-refractivity contribution in [3.05, 3.63) is 37.1 Å². The Morgan fingerprint density at radius 3 is 2.95 bits per heavy atom. The lowest BCUT2D eigenvalue weighted by Crippen LogP contribution is -2.30. The Morgan fingerprint density at radius 1 is 1.52 bits per heavy atom. The Kier molecular flexibility index (Phi) is 4.40. The molecule has 1 aliphatic rings. The van der Waals surface area contributed by atoms with Gasteiger partial charge in [0.25, 0.3) is 5.56 Å². The first kappa shape index (κ1) is 14.7. The molecule has 7 heteroatoms. The minimum atomic E-state index is -0.0665. The van der Waals surface area contributed by atoms with Crippen molar-refractivity contribution in [2.45, 2.75) is 39.3 Å². The second kappa shape index (κ2) is 6.27. The van der Waals surface area contributed by atoms with Crippen molar-refractivity contribution in [1.29, 1.82) is 0 Å². The largest absolute Gasteiger partial charge is 0.374 e. The van der Waals surface area contributed by atoms with Crippen molar-refractivity contribution < 1.29 is 0 Å². The molecule has 0 amide bonds. The fraction of sp³-hybridized carbons (Fsp3) is 0.500. The monoisotopic (exact) mass is 368 g/mol. The lowest BCUT2D eigenvalue weighted by molar-refractivity contribution is 0.262. The van der Waals surface area contributed by atoms with E-state index in [-0.39, 0.29) is 5.56 Å². The number of rotatable bonds is 5. The zero-order chi connectivity index (χ0) is 14.8. The normalized spacial score (nSPS) is 15.0. The highest BCUT2D eigenvalue weighted by Crippen LogP contribution is 2.27. The van der Waals surface area contributed by atoms with Crippen molar-refractivity contribution in [3.8, 4) is 0 Å². The van der Waals surface area contributed by atoms with E-state index in [2.05, 4.69) is 31.3 Å². The van der Waals surface area contributed by atoms with Crippen molar-refractivity contribution in [2.75, 3.05) is 5.32 Å². The van der Waals surface area contributed by atoms with E-state index < -0.39 is 0 Å². The molecule has 2 aromatic heterocycles. The second-order valence-corrected chi connectivity index (χ2v) is 7.28. The zero-order valence-electron chi connectivity index (χ0n) is 11.8. The Bertz CT molecular complexity index is 693. The molecule has 2 heterocycles. The van der Waals surface area contributed by atoms with Crippen molar-refractivity contribution in [1.82, 2.24) is 14.8 Å². The minimum absolute atomic E-state index is 0.0665. The van der Waals surface area contributed by atoms with Crippen LogP contribution in [-0.4, -0.2) is 14.8 Å².